The van der Waals surface area contributed by atoms with Crippen molar-refractivity contribution in [2.45, 2.75) is 90.6 Å². The van der Waals surface area contributed by atoms with E-state index in [0.717, 1.165) is 18.8 Å². The molecule has 20 heavy (non-hydrogen) atoms. The molecule has 0 aromatic heterocycles. The molecular formula is C18H32O2. The minimum Gasteiger partial charge on any atom is -0.459 e. The summed E-state index contributed by atoms with van der Waals surface area (Å²) in [4.78, 5) is 11.6. The zero-order valence-corrected chi connectivity index (χ0v) is 13.5. The Bertz CT molecular complexity index is 296. The Kier molecular flexibility index (Phi) is 8.64. The molecule has 0 spiro atoms. The molecule has 1 aliphatic rings. The van der Waals surface area contributed by atoms with E-state index in [4.69, 9.17) is 4.74 Å². The van der Waals surface area contributed by atoms with Gasteiger partial charge in [-0.05, 0) is 32.1 Å². The molecule has 1 fully saturated rings. The molecule has 2 heteroatoms. The van der Waals surface area contributed by atoms with Crippen molar-refractivity contribution in [3.05, 3.63) is 12.2 Å². The normalized spacial score (nSPS) is 22.5. The van der Waals surface area contributed by atoms with Crippen LogP contribution in [0.3, 0.4) is 0 Å². The number of esters is 1. The number of carbonyl (C=O) groups is 1. The van der Waals surface area contributed by atoms with Gasteiger partial charge in [0.05, 0.1) is 0 Å². The van der Waals surface area contributed by atoms with Crippen LogP contribution in [-0.2, 0) is 9.53 Å². The van der Waals surface area contributed by atoms with Gasteiger partial charge in [0, 0.05) is 5.57 Å². The third kappa shape index (κ3) is 7.12. The summed E-state index contributed by atoms with van der Waals surface area (Å²) >= 11 is 0. The van der Waals surface area contributed by atoms with Crippen molar-refractivity contribution in [3.8, 4) is 0 Å². The van der Waals surface area contributed by atoms with Gasteiger partial charge in [-0.15, -0.1) is 0 Å². The van der Waals surface area contributed by atoms with Crippen LogP contribution in [0, 0.1) is 5.92 Å². The Morgan fingerprint density at radius 2 is 1.85 bits per heavy atom. The van der Waals surface area contributed by atoms with Gasteiger partial charge < -0.3 is 4.74 Å². The summed E-state index contributed by atoms with van der Waals surface area (Å²) in [6.45, 7) is 7.63. The Morgan fingerprint density at radius 3 is 2.55 bits per heavy atom. The van der Waals surface area contributed by atoms with E-state index < -0.39 is 0 Å². The predicted molar refractivity (Wildman–Crippen MR) is 84.6 cm³/mol. The molecule has 2 unspecified atom stereocenters. The van der Waals surface area contributed by atoms with Crippen LogP contribution in [0.4, 0.5) is 0 Å². The van der Waals surface area contributed by atoms with Gasteiger partial charge in [0.1, 0.15) is 6.10 Å². The van der Waals surface area contributed by atoms with Gasteiger partial charge >= 0.3 is 5.97 Å². The fourth-order valence-corrected chi connectivity index (χ4v) is 3.08. The molecule has 0 bridgehead atoms. The maximum absolute atomic E-state index is 11.6. The summed E-state index contributed by atoms with van der Waals surface area (Å²) in [5.41, 5.74) is 0.517. The number of rotatable bonds is 9. The molecular weight excluding hydrogens is 248 g/mol. The van der Waals surface area contributed by atoms with Crippen LogP contribution in [0.15, 0.2) is 12.2 Å². The molecule has 1 aliphatic carbocycles. The summed E-state index contributed by atoms with van der Waals surface area (Å²) in [6, 6.07) is 0. The molecule has 0 radical (unpaired) electrons. The topological polar surface area (TPSA) is 26.3 Å². The predicted octanol–water partition coefficient (Wildman–Crippen LogP) is 5.42. The highest BCUT2D eigenvalue weighted by Crippen LogP contribution is 2.30. The molecule has 0 aromatic rings. The molecule has 0 saturated heterocycles. The van der Waals surface area contributed by atoms with E-state index in [2.05, 4.69) is 13.5 Å². The fourth-order valence-electron chi connectivity index (χ4n) is 3.08. The molecule has 116 valence electrons. The second-order valence-corrected chi connectivity index (χ2v) is 6.40. The first-order valence-corrected chi connectivity index (χ1v) is 8.50. The van der Waals surface area contributed by atoms with Crippen molar-refractivity contribution in [2.75, 3.05) is 0 Å². The van der Waals surface area contributed by atoms with Gasteiger partial charge in [-0.3, -0.25) is 0 Å². The SMILES string of the molecule is C=C(C)C(=O)OC1CCCC(CCCCCCCC)C1. The lowest BCUT2D eigenvalue weighted by molar-refractivity contribution is -0.146. The van der Waals surface area contributed by atoms with Crippen LogP contribution in [-0.4, -0.2) is 12.1 Å². The number of ether oxygens (including phenoxy) is 1. The summed E-state index contributed by atoms with van der Waals surface area (Å²) in [5.74, 6) is 0.549. The first-order valence-electron chi connectivity index (χ1n) is 8.50. The average Bonchev–Trinajstić information content (AvgIpc) is 2.43. The van der Waals surface area contributed by atoms with E-state index in [1.54, 1.807) is 6.92 Å². The van der Waals surface area contributed by atoms with Gasteiger partial charge in [-0.25, -0.2) is 4.79 Å². The Balaban J connectivity index is 2.14. The van der Waals surface area contributed by atoms with Crippen molar-refractivity contribution in [3.63, 3.8) is 0 Å². The molecule has 0 heterocycles. The standard InChI is InChI=1S/C18H32O2/c1-4-5-6-7-8-9-11-16-12-10-13-17(14-16)20-18(19)15(2)3/h16-17H,2,4-14H2,1,3H3. The first-order chi connectivity index (χ1) is 9.63. The Hall–Kier alpha value is -0.790. The van der Waals surface area contributed by atoms with Gasteiger partial charge in [-0.1, -0.05) is 64.9 Å². The highest BCUT2D eigenvalue weighted by atomic mass is 16.5. The largest absolute Gasteiger partial charge is 0.459 e. The van der Waals surface area contributed by atoms with Gasteiger partial charge in [-0.2, -0.15) is 0 Å². The van der Waals surface area contributed by atoms with Crippen LogP contribution in [0.2, 0.25) is 0 Å². The lowest BCUT2D eigenvalue weighted by atomic mass is 9.84. The molecule has 1 saturated carbocycles. The highest BCUT2D eigenvalue weighted by molar-refractivity contribution is 5.87. The second kappa shape index (κ2) is 10.0. The van der Waals surface area contributed by atoms with E-state index in [0.29, 0.717) is 5.57 Å². The summed E-state index contributed by atoms with van der Waals surface area (Å²) in [7, 11) is 0. The maximum atomic E-state index is 11.6. The van der Waals surface area contributed by atoms with E-state index in [-0.39, 0.29) is 12.1 Å². The summed E-state index contributed by atoms with van der Waals surface area (Å²) in [6.07, 6.45) is 14.2. The highest BCUT2D eigenvalue weighted by Gasteiger charge is 2.24. The zero-order valence-electron chi connectivity index (χ0n) is 13.5. The number of hydrogen-bond acceptors (Lipinski definition) is 2. The Labute approximate surface area is 125 Å². The van der Waals surface area contributed by atoms with Crippen LogP contribution in [0.25, 0.3) is 0 Å². The molecule has 0 aromatic carbocycles. The zero-order chi connectivity index (χ0) is 14.8. The molecule has 1 rings (SSSR count). The van der Waals surface area contributed by atoms with Gasteiger partial charge in [0.2, 0.25) is 0 Å². The van der Waals surface area contributed by atoms with Crippen LogP contribution in [0.5, 0.6) is 0 Å². The van der Waals surface area contributed by atoms with Crippen molar-refractivity contribution in [1.29, 1.82) is 0 Å². The maximum Gasteiger partial charge on any atom is 0.333 e. The Morgan fingerprint density at radius 1 is 1.15 bits per heavy atom. The van der Waals surface area contributed by atoms with Crippen molar-refractivity contribution in [2.24, 2.45) is 5.92 Å². The summed E-state index contributed by atoms with van der Waals surface area (Å²) in [5, 5.41) is 0. The average molecular weight is 280 g/mol. The number of hydrogen-bond donors (Lipinski definition) is 0. The quantitative estimate of drug-likeness (QED) is 0.320. The van der Waals surface area contributed by atoms with E-state index >= 15 is 0 Å². The molecule has 0 N–H and O–H groups in total. The lowest BCUT2D eigenvalue weighted by Gasteiger charge is -2.29. The van der Waals surface area contributed by atoms with Crippen LogP contribution >= 0.6 is 0 Å². The lowest BCUT2D eigenvalue weighted by Crippen LogP contribution is -2.25. The smallest absolute Gasteiger partial charge is 0.333 e. The van der Waals surface area contributed by atoms with Crippen molar-refractivity contribution in [1.82, 2.24) is 0 Å². The molecule has 0 amide bonds. The minimum atomic E-state index is -0.213. The summed E-state index contributed by atoms with van der Waals surface area (Å²) < 4.78 is 5.50. The third-order valence-corrected chi connectivity index (χ3v) is 4.32. The second-order valence-electron chi connectivity index (χ2n) is 6.40. The van der Waals surface area contributed by atoms with E-state index in [1.807, 2.05) is 0 Å². The third-order valence-electron chi connectivity index (χ3n) is 4.32. The van der Waals surface area contributed by atoms with Crippen molar-refractivity contribution >= 4 is 5.97 Å². The fraction of sp³-hybridized carbons (Fsp3) is 0.833. The molecule has 2 nitrogen and oxygen atoms in total. The van der Waals surface area contributed by atoms with E-state index in [1.165, 1.54) is 57.8 Å². The number of carbonyl (C=O) groups excluding carboxylic acids is 1. The minimum absolute atomic E-state index is 0.137. The monoisotopic (exact) mass is 280 g/mol. The first kappa shape index (κ1) is 17.3. The molecule has 2 atom stereocenters. The molecule has 0 aliphatic heterocycles. The van der Waals surface area contributed by atoms with Crippen molar-refractivity contribution < 1.29 is 9.53 Å². The van der Waals surface area contributed by atoms with Gasteiger partial charge in [0.15, 0.2) is 0 Å². The van der Waals surface area contributed by atoms with Crippen LogP contribution < -0.4 is 0 Å². The van der Waals surface area contributed by atoms with E-state index in [9.17, 15) is 4.79 Å². The van der Waals surface area contributed by atoms with Crippen LogP contribution in [0.1, 0.15) is 84.5 Å². The van der Waals surface area contributed by atoms with Gasteiger partial charge in [0.25, 0.3) is 0 Å². The number of unbranched alkanes of at least 4 members (excludes halogenated alkanes) is 5.